The summed E-state index contributed by atoms with van der Waals surface area (Å²) in [5.74, 6) is 0. The Bertz CT molecular complexity index is 1550. The summed E-state index contributed by atoms with van der Waals surface area (Å²) in [5, 5.41) is 20.0. The first kappa shape index (κ1) is 19.6. The predicted octanol–water partition coefficient (Wildman–Crippen LogP) is 5.42. The number of non-ortho nitro benzene ring substituents is 1. The average molecular weight is 442 g/mol. The van der Waals surface area contributed by atoms with Gasteiger partial charge in [0.25, 0.3) is 5.69 Å². The lowest BCUT2D eigenvalue weighted by molar-refractivity contribution is -0.384. The Morgan fingerprint density at radius 2 is 1.88 bits per heavy atom. The molecule has 2 aromatic heterocycles. The van der Waals surface area contributed by atoms with E-state index in [1.54, 1.807) is 23.6 Å². The first-order chi connectivity index (χ1) is 15.6. The molecule has 0 aliphatic rings. The van der Waals surface area contributed by atoms with Crippen molar-refractivity contribution in [2.45, 2.75) is 0 Å². The Hall–Kier alpha value is -4.37. The standard InChI is InChI=1S/C23H14N4O4S/c28-22-19(11-18-17-4-2-1-3-15(17)7-10-21(18)31-22)20-13-32-23(25-20)26-24-12-14-5-8-16(9-6-14)27(29)30/h1-13H,(H,25,26). The monoisotopic (exact) mass is 442 g/mol. The van der Waals surface area contributed by atoms with E-state index in [0.717, 1.165) is 16.2 Å². The lowest BCUT2D eigenvalue weighted by atomic mass is 10.0. The predicted molar refractivity (Wildman–Crippen MR) is 125 cm³/mol. The van der Waals surface area contributed by atoms with E-state index in [4.69, 9.17) is 4.42 Å². The van der Waals surface area contributed by atoms with Gasteiger partial charge in [0.05, 0.1) is 22.4 Å². The zero-order valence-electron chi connectivity index (χ0n) is 16.4. The molecule has 156 valence electrons. The van der Waals surface area contributed by atoms with Crippen molar-refractivity contribution >= 4 is 50.1 Å². The van der Waals surface area contributed by atoms with Crippen LogP contribution in [0.15, 0.2) is 86.4 Å². The van der Waals surface area contributed by atoms with Crippen molar-refractivity contribution in [1.82, 2.24) is 4.98 Å². The van der Waals surface area contributed by atoms with Crippen molar-refractivity contribution in [1.29, 1.82) is 0 Å². The topological polar surface area (TPSA) is 111 Å². The lowest BCUT2D eigenvalue weighted by Crippen LogP contribution is -2.03. The van der Waals surface area contributed by atoms with Gasteiger partial charge in [0, 0.05) is 22.9 Å². The molecule has 3 aromatic carbocycles. The number of hydrogen-bond donors (Lipinski definition) is 1. The van der Waals surface area contributed by atoms with Gasteiger partial charge in [-0.2, -0.15) is 5.10 Å². The molecule has 5 aromatic rings. The van der Waals surface area contributed by atoms with Crippen molar-refractivity contribution < 1.29 is 9.34 Å². The molecule has 0 spiro atoms. The molecule has 2 heterocycles. The van der Waals surface area contributed by atoms with Gasteiger partial charge in [-0.3, -0.25) is 15.5 Å². The molecule has 0 saturated carbocycles. The molecule has 0 unspecified atom stereocenters. The first-order valence-electron chi connectivity index (χ1n) is 9.53. The third kappa shape index (κ3) is 3.72. The van der Waals surface area contributed by atoms with E-state index in [-0.39, 0.29) is 5.69 Å². The second kappa shape index (κ2) is 8.05. The fourth-order valence-electron chi connectivity index (χ4n) is 3.34. The lowest BCUT2D eigenvalue weighted by Gasteiger charge is -2.04. The minimum atomic E-state index is -0.459. The fourth-order valence-corrected chi connectivity index (χ4v) is 4.00. The zero-order valence-corrected chi connectivity index (χ0v) is 17.2. The van der Waals surface area contributed by atoms with E-state index in [2.05, 4.69) is 15.5 Å². The minimum Gasteiger partial charge on any atom is -0.422 e. The van der Waals surface area contributed by atoms with Crippen LogP contribution in [0.1, 0.15) is 5.56 Å². The highest BCUT2D eigenvalue weighted by Gasteiger charge is 2.13. The number of aromatic nitrogens is 1. The van der Waals surface area contributed by atoms with E-state index in [1.807, 2.05) is 36.4 Å². The third-order valence-electron chi connectivity index (χ3n) is 4.90. The first-order valence-corrected chi connectivity index (χ1v) is 10.4. The van der Waals surface area contributed by atoms with E-state index in [0.29, 0.717) is 27.5 Å². The van der Waals surface area contributed by atoms with Crippen LogP contribution in [0.3, 0.4) is 0 Å². The highest BCUT2D eigenvalue weighted by Crippen LogP contribution is 2.29. The molecule has 32 heavy (non-hydrogen) atoms. The Balaban J connectivity index is 1.41. The minimum absolute atomic E-state index is 0.0154. The normalized spacial score (nSPS) is 11.4. The molecular formula is C23H14N4O4S. The number of nitro groups is 1. The van der Waals surface area contributed by atoms with Gasteiger partial charge in [0.15, 0.2) is 0 Å². The SMILES string of the molecule is O=c1oc2ccc3ccccc3c2cc1-c1csc(NN=Cc2ccc([N+](=O)[O-])cc2)n1. The fraction of sp³-hybridized carbons (Fsp3) is 0. The van der Waals surface area contributed by atoms with Gasteiger partial charge in [-0.15, -0.1) is 11.3 Å². The summed E-state index contributed by atoms with van der Waals surface area (Å²) < 4.78 is 5.54. The van der Waals surface area contributed by atoms with Crippen LogP contribution in [0.25, 0.3) is 33.0 Å². The average Bonchev–Trinajstić information content (AvgIpc) is 3.27. The van der Waals surface area contributed by atoms with E-state index in [1.165, 1.54) is 29.7 Å². The molecular weight excluding hydrogens is 428 g/mol. The number of hydrazone groups is 1. The van der Waals surface area contributed by atoms with Gasteiger partial charge in [-0.1, -0.05) is 30.3 Å². The van der Waals surface area contributed by atoms with Gasteiger partial charge in [0.1, 0.15) is 5.58 Å². The van der Waals surface area contributed by atoms with Crippen LogP contribution >= 0.6 is 11.3 Å². The van der Waals surface area contributed by atoms with E-state index >= 15 is 0 Å². The smallest absolute Gasteiger partial charge is 0.345 e. The van der Waals surface area contributed by atoms with Crippen molar-refractivity contribution in [3.63, 3.8) is 0 Å². The molecule has 9 heteroatoms. The van der Waals surface area contributed by atoms with Crippen LogP contribution in [-0.2, 0) is 0 Å². The Kier molecular flexibility index (Phi) is 4.92. The summed E-state index contributed by atoms with van der Waals surface area (Å²) in [6, 6.07) is 19.4. The molecule has 8 nitrogen and oxygen atoms in total. The van der Waals surface area contributed by atoms with Gasteiger partial charge < -0.3 is 4.42 Å². The van der Waals surface area contributed by atoms with Gasteiger partial charge in [-0.25, -0.2) is 9.78 Å². The number of nitro benzene ring substituents is 1. The quantitative estimate of drug-likeness (QED) is 0.128. The molecule has 1 N–H and O–H groups in total. The second-order valence-corrected chi connectivity index (χ2v) is 7.76. The Morgan fingerprint density at radius 3 is 2.69 bits per heavy atom. The molecule has 0 aliphatic heterocycles. The zero-order chi connectivity index (χ0) is 22.1. The van der Waals surface area contributed by atoms with Crippen molar-refractivity contribution in [2.75, 3.05) is 5.43 Å². The van der Waals surface area contributed by atoms with Crippen LogP contribution in [-0.4, -0.2) is 16.1 Å². The number of fused-ring (bicyclic) bond motifs is 3. The highest BCUT2D eigenvalue weighted by atomic mass is 32.1. The highest BCUT2D eigenvalue weighted by molar-refractivity contribution is 7.14. The van der Waals surface area contributed by atoms with Crippen LogP contribution < -0.4 is 11.1 Å². The number of nitrogens with one attached hydrogen (secondary N) is 1. The van der Waals surface area contributed by atoms with Crippen molar-refractivity contribution in [3.8, 4) is 11.3 Å². The largest absolute Gasteiger partial charge is 0.422 e. The number of hydrogen-bond acceptors (Lipinski definition) is 8. The Morgan fingerprint density at radius 1 is 1.06 bits per heavy atom. The number of thiazole rings is 1. The van der Waals surface area contributed by atoms with Crippen molar-refractivity contribution in [3.05, 3.63) is 98.2 Å². The van der Waals surface area contributed by atoms with Gasteiger partial charge in [-0.05, 0) is 40.6 Å². The maximum Gasteiger partial charge on any atom is 0.345 e. The molecule has 0 saturated heterocycles. The van der Waals surface area contributed by atoms with Crippen LogP contribution in [0.5, 0.6) is 0 Å². The Labute approximate surface area is 184 Å². The molecule has 0 atom stereocenters. The van der Waals surface area contributed by atoms with Crippen LogP contribution in [0.4, 0.5) is 10.8 Å². The third-order valence-corrected chi connectivity index (χ3v) is 5.65. The molecule has 0 bridgehead atoms. The molecule has 0 radical (unpaired) electrons. The van der Waals surface area contributed by atoms with Gasteiger partial charge >= 0.3 is 5.63 Å². The maximum absolute atomic E-state index is 12.6. The summed E-state index contributed by atoms with van der Waals surface area (Å²) in [4.78, 5) is 27.3. The number of anilines is 1. The molecule has 0 fully saturated rings. The van der Waals surface area contributed by atoms with E-state index < -0.39 is 10.5 Å². The van der Waals surface area contributed by atoms with Crippen molar-refractivity contribution in [2.24, 2.45) is 5.10 Å². The van der Waals surface area contributed by atoms with E-state index in [9.17, 15) is 14.9 Å². The summed E-state index contributed by atoms with van der Waals surface area (Å²) in [6.07, 6.45) is 1.53. The van der Waals surface area contributed by atoms with Gasteiger partial charge in [0.2, 0.25) is 5.13 Å². The summed E-state index contributed by atoms with van der Waals surface area (Å²) in [7, 11) is 0. The summed E-state index contributed by atoms with van der Waals surface area (Å²) in [5.41, 5.74) is 4.46. The number of benzene rings is 3. The molecule has 5 rings (SSSR count). The molecule has 0 aliphatic carbocycles. The second-order valence-electron chi connectivity index (χ2n) is 6.90. The summed E-state index contributed by atoms with van der Waals surface area (Å²) in [6.45, 7) is 0. The van der Waals surface area contributed by atoms with Crippen LogP contribution in [0.2, 0.25) is 0 Å². The number of rotatable bonds is 5. The maximum atomic E-state index is 12.6. The number of nitrogens with zero attached hydrogens (tertiary/aromatic N) is 3. The van der Waals surface area contributed by atoms with Crippen LogP contribution in [0, 0.1) is 10.1 Å². The molecule has 0 amide bonds. The summed E-state index contributed by atoms with van der Waals surface area (Å²) >= 11 is 1.30.